The van der Waals surface area contributed by atoms with Crippen LogP contribution in [0.25, 0.3) is 0 Å². The second-order valence-corrected chi connectivity index (χ2v) is 9.08. The summed E-state index contributed by atoms with van der Waals surface area (Å²) in [4.78, 5) is 17.2. The van der Waals surface area contributed by atoms with Crippen molar-refractivity contribution in [3.05, 3.63) is 82.9 Å². The van der Waals surface area contributed by atoms with Gasteiger partial charge in [-0.1, -0.05) is 36.0 Å². The van der Waals surface area contributed by atoms with E-state index in [1.54, 1.807) is 30.3 Å². The van der Waals surface area contributed by atoms with E-state index < -0.39 is 11.7 Å². The number of amides is 1. The second-order valence-electron chi connectivity index (χ2n) is 8.29. The smallest absolute Gasteiger partial charge is 0.262 e. The van der Waals surface area contributed by atoms with E-state index in [1.807, 2.05) is 6.92 Å². The topological polar surface area (TPSA) is 54.0 Å². The highest BCUT2D eigenvalue weighted by Crippen LogP contribution is 2.37. The summed E-state index contributed by atoms with van der Waals surface area (Å²) in [5.74, 6) is -0.776. The van der Waals surface area contributed by atoms with Gasteiger partial charge in [-0.15, -0.1) is 0 Å². The van der Waals surface area contributed by atoms with Crippen molar-refractivity contribution >= 4 is 46.1 Å². The number of hydrogen-bond donors (Lipinski definition) is 1. The van der Waals surface area contributed by atoms with Gasteiger partial charge in [0.15, 0.2) is 18.1 Å². The minimum Gasteiger partial charge on any atom is -0.490 e. The molecule has 1 saturated heterocycles. The zero-order chi connectivity index (χ0) is 26.4. The highest BCUT2D eigenvalue weighted by atomic mass is 35.5. The van der Waals surface area contributed by atoms with Crippen LogP contribution >= 0.6 is 23.8 Å². The number of nitrogens with one attached hydrogen (secondary N) is 1. The van der Waals surface area contributed by atoms with Crippen LogP contribution in [-0.2, 0) is 4.79 Å². The number of para-hydroxylation sites is 1. The van der Waals surface area contributed by atoms with Gasteiger partial charge in [-0.2, -0.15) is 0 Å². The Balaban J connectivity index is 1.41. The molecule has 194 valence electrons. The summed E-state index contributed by atoms with van der Waals surface area (Å²) in [5, 5.41) is 2.71. The number of hydrogen-bond acceptors (Lipinski definition) is 5. The zero-order valence-electron chi connectivity index (χ0n) is 20.2. The van der Waals surface area contributed by atoms with E-state index in [0.29, 0.717) is 36.0 Å². The third-order valence-electron chi connectivity index (χ3n) is 5.81. The van der Waals surface area contributed by atoms with E-state index in [-0.39, 0.29) is 28.9 Å². The average Bonchev–Trinajstić information content (AvgIpc) is 2.90. The molecular formula is C27H26ClF2N3O3S. The van der Waals surface area contributed by atoms with Gasteiger partial charge in [0.25, 0.3) is 5.91 Å². The molecule has 0 spiro atoms. The van der Waals surface area contributed by atoms with Crippen LogP contribution in [0.1, 0.15) is 12.5 Å². The lowest BCUT2D eigenvalue weighted by molar-refractivity contribution is -0.118. The summed E-state index contributed by atoms with van der Waals surface area (Å²) >= 11 is 12.3. The molecule has 1 amide bonds. The lowest BCUT2D eigenvalue weighted by Gasteiger charge is -2.37. The first kappa shape index (κ1) is 26.6. The lowest BCUT2D eigenvalue weighted by Crippen LogP contribution is -2.48. The Bertz CT molecular complexity index is 1270. The maximum atomic E-state index is 13.8. The van der Waals surface area contributed by atoms with Crippen molar-refractivity contribution in [2.24, 2.45) is 0 Å². The number of carbonyl (C=O) groups is 1. The molecule has 1 heterocycles. The fraction of sp³-hybridized carbons (Fsp3) is 0.259. The van der Waals surface area contributed by atoms with Gasteiger partial charge in [-0.3, -0.25) is 4.79 Å². The maximum absolute atomic E-state index is 13.8. The molecule has 37 heavy (non-hydrogen) atoms. The van der Waals surface area contributed by atoms with Crippen LogP contribution in [0, 0.1) is 11.6 Å². The highest BCUT2D eigenvalue weighted by Gasteiger charge is 2.23. The Morgan fingerprint density at radius 1 is 1.03 bits per heavy atom. The van der Waals surface area contributed by atoms with Crippen LogP contribution in [0.5, 0.6) is 11.5 Å². The standard InChI is InChI=1S/C27H26ClF2N3O3S/c1-2-35-24-16-18(27(37)33-13-11-32(12-14-33)20-9-7-19(29)8-10-20)15-21(28)26(24)36-17-25(34)31-23-6-4-3-5-22(23)30/h3-10,15-16H,2,11-14,17H2,1H3,(H,31,34). The minimum atomic E-state index is -0.541. The Morgan fingerprint density at radius 2 is 1.73 bits per heavy atom. The van der Waals surface area contributed by atoms with Crippen LogP contribution in [0.3, 0.4) is 0 Å². The van der Waals surface area contributed by atoms with Gasteiger partial charge in [-0.25, -0.2) is 8.78 Å². The summed E-state index contributed by atoms with van der Waals surface area (Å²) in [7, 11) is 0. The minimum absolute atomic E-state index is 0.0625. The van der Waals surface area contributed by atoms with E-state index in [0.717, 1.165) is 18.8 Å². The first-order chi connectivity index (χ1) is 17.9. The van der Waals surface area contributed by atoms with Gasteiger partial charge in [-0.05, 0) is 55.5 Å². The third kappa shape index (κ3) is 6.67. The first-order valence-electron chi connectivity index (χ1n) is 11.8. The molecule has 1 aliphatic rings. The van der Waals surface area contributed by atoms with Crippen LogP contribution in [-0.4, -0.2) is 55.2 Å². The molecule has 0 aromatic heterocycles. The van der Waals surface area contributed by atoms with Gasteiger partial charge in [0.2, 0.25) is 0 Å². The molecule has 1 aliphatic heterocycles. The Morgan fingerprint density at radius 3 is 2.41 bits per heavy atom. The van der Waals surface area contributed by atoms with E-state index in [9.17, 15) is 13.6 Å². The number of ether oxygens (including phenoxy) is 2. The summed E-state index contributed by atoms with van der Waals surface area (Å²) in [5.41, 5.74) is 1.73. The fourth-order valence-electron chi connectivity index (χ4n) is 3.98. The highest BCUT2D eigenvalue weighted by molar-refractivity contribution is 7.80. The van der Waals surface area contributed by atoms with Crippen molar-refractivity contribution in [1.29, 1.82) is 0 Å². The van der Waals surface area contributed by atoms with Crippen LogP contribution in [0.15, 0.2) is 60.7 Å². The second kappa shape index (κ2) is 12.2. The number of nitrogens with zero attached hydrogens (tertiary/aromatic N) is 2. The molecule has 1 fully saturated rings. The maximum Gasteiger partial charge on any atom is 0.262 e. The van der Waals surface area contributed by atoms with Gasteiger partial charge in [0.1, 0.15) is 16.6 Å². The predicted molar refractivity (Wildman–Crippen MR) is 145 cm³/mol. The van der Waals surface area contributed by atoms with Crippen LogP contribution < -0.4 is 19.7 Å². The van der Waals surface area contributed by atoms with E-state index >= 15 is 0 Å². The Hall–Kier alpha value is -3.43. The number of piperazine rings is 1. The summed E-state index contributed by atoms with van der Waals surface area (Å²) in [6.07, 6.45) is 0. The van der Waals surface area contributed by atoms with E-state index in [1.165, 1.54) is 30.3 Å². The van der Waals surface area contributed by atoms with Crippen molar-refractivity contribution < 1.29 is 23.0 Å². The molecule has 0 saturated carbocycles. The molecule has 0 atom stereocenters. The van der Waals surface area contributed by atoms with Crippen LogP contribution in [0.4, 0.5) is 20.2 Å². The Kier molecular flexibility index (Phi) is 8.78. The molecule has 0 bridgehead atoms. The molecule has 1 N–H and O–H groups in total. The largest absolute Gasteiger partial charge is 0.490 e. The number of halogens is 3. The van der Waals surface area contributed by atoms with Crippen molar-refractivity contribution in [2.75, 3.05) is 49.6 Å². The van der Waals surface area contributed by atoms with E-state index in [4.69, 9.17) is 33.3 Å². The number of benzene rings is 3. The zero-order valence-corrected chi connectivity index (χ0v) is 21.7. The third-order valence-corrected chi connectivity index (χ3v) is 6.59. The quantitative estimate of drug-likeness (QED) is 0.376. The van der Waals surface area contributed by atoms with Crippen LogP contribution in [0.2, 0.25) is 5.02 Å². The lowest BCUT2D eigenvalue weighted by atomic mass is 10.1. The molecular weight excluding hydrogens is 520 g/mol. The fourth-order valence-corrected chi connectivity index (χ4v) is 4.55. The van der Waals surface area contributed by atoms with E-state index in [2.05, 4.69) is 15.1 Å². The van der Waals surface area contributed by atoms with Crippen molar-refractivity contribution in [2.45, 2.75) is 6.92 Å². The SMILES string of the molecule is CCOc1cc(C(=S)N2CCN(c3ccc(F)cc3)CC2)cc(Cl)c1OCC(=O)Nc1ccccc1F. The van der Waals surface area contributed by atoms with Gasteiger partial charge in [0.05, 0.1) is 17.3 Å². The van der Waals surface area contributed by atoms with Crippen molar-refractivity contribution in [1.82, 2.24) is 4.90 Å². The molecule has 4 rings (SSSR count). The first-order valence-corrected chi connectivity index (χ1v) is 12.6. The predicted octanol–water partition coefficient (Wildman–Crippen LogP) is 5.53. The molecule has 0 aliphatic carbocycles. The molecule has 0 radical (unpaired) electrons. The molecule has 3 aromatic carbocycles. The normalized spacial score (nSPS) is 13.3. The molecule has 0 unspecified atom stereocenters. The molecule has 10 heteroatoms. The summed E-state index contributed by atoms with van der Waals surface area (Å²) in [6.45, 7) is 4.62. The number of thiocarbonyl (C=S) groups is 1. The summed E-state index contributed by atoms with van der Waals surface area (Å²) in [6, 6.07) is 15.7. The molecule has 3 aromatic rings. The van der Waals surface area contributed by atoms with Crippen molar-refractivity contribution in [3.8, 4) is 11.5 Å². The number of carbonyl (C=O) groups excluding carboxylic acids is 1. The van der Waals surface area contributed by atoms with Gasteiger partial charge < -0.3 is 24.6 Å². The number of anilines is 2. The number of rotatable bonds is 8. The average molecular weight is 546 g/mol. The summed E-state index contributed by atoms with van der Waals surface area (Å²) < 4.78 is 38.4. The Labute approximate surface area is 224 Å². The monoisotopic (exact) mass is 545 g/mol. The molecule has 6 nitrogen and oxygen atoms in total. The van der Waals surface area contributed by atoms with Gasteiger partial charge >= 0.3 is 0 Å². The van der Waals surface area contributed by atoms with Crippen molar-refractivity contribution in [3.63, 3.8) is 0 Å². The van der Waals surface area contributed by atoms with Gasteiger partial charge in [0, 0.05) is 37.4 Å².